The molecule has 0 unspecified atom stereocenters. The summed E-state index contributed by atoms with van der Waals surface area (Å²) < 4.78 is 0. The van der Waals surface area contributed by atoms with E-state index in [4.69, 9.17) is 5.11 Å². The number of anilines is 1. The van der Waals surface area contributed by atoms with Crippen LogP contribution in [0.25, 0.3) is 0 Å². The minimum Gasteiger partial charge on any atom is -0.478 e. The second kappa shape index (κ2) is 5.66. The van der Waals surface area contributed by atoms with Crippen molar-refractivity contribution in [1.29, 1.82) is 0 Å². The molecule has 0 spiro atoms. The number of carboxylic acid groups (broad SMARTS) is 1. The van der Waals surface area contributed by atoms with Crippen LogP contribution in [0.2, 0.25) is 0 Å². The lowest BCUT2D eigenvalue weighted by atomic mass is 9.90. The van der Waals surface area contributed by atoms with E-state index in [0.717, 1.165) is 19.3 Å². The Balaban J connectivity index is 2.93. The van der Waals surface area contributed by atoms with Gasteiger partial charge in [0.25, 0.3) is 0 Å². The van der Waals surface area contributed by atoms with E-state index >= 15 is 0 Å². The molecule has 1 rings (SSSR count). The van der Waals surface area contributed by atoms with Crippen LogP contribution in [0.4, 0.5) is 5.82 Å². The van der Waals surface area contributed by atoms with Crippen LogP contribution in [0.3, 0.4) is 0 Å². The van der Waals surface area contributed by atoms with Crippen LogP contribution >= 0.6 is 0 Å². The molecular weight excluding hydrogens is 216 g/mol. The van der Waals surface area contributed by atoms with Crippen molar-refractivity contribution in [3.05, 3.63) is 23.9 Å². The van der Waals surface area contributed by atoms with Gasteiger partial charge >= 0.3 is 5.97 Å². The van der Waals surface area contributed by atoms with E-state index in [0.29, 0.717) is 5.82 Å². The first-order chi connectivity index (χ1) is 8.06. The van der Waals surface area contributed by atoms with Crippen molar-refractivity contribution in [2.24, 2.45) is 0 Å². The van der Waals surface area contributed by atoms with Gasteiger partial charge in [-0.15, -0.1) is 0 Å². The topological polar surface area (TPSA) is 62.2 Å². The van der Waals surface area contributed by atoms with Crippen molar-refractivity contribution in [1.82, 2.24) is 4.98 Å². The first-order valence-electron chi connectivity index (χ1n) is 6.04. The van der Waals surface area contributed by atoms with Gasteiger partial charge in [-0.2, -0.15) is 0 Å². The summed E-state index contributed by atoms with van der Waals surface area (Å²) in [7, 11) is 0. The van der Waals surface area contributed by atoms with E-state index in [2.05, 4.69) is 31.1 Å². The zero-order valence-electron chi connectivity index (χ0n) is 10.7. The number of hydrogen-bond donors (Lipinski definition) is 2. The minimum absolute atomic E-state index is 0.00409. The second-order valence-electron chi connectivity index (χ2n) is 4.20. The number of carboxylic acids is 1. The predicted octanol–water partition coefficient (Wildman–Crippen LogP) is 3.16. The largest absolute Gasteiger partial charge is 0.478 e. The number of aromatic nitrogens is 1. The molecule has 1 aromatic rings. The molecule has 2 N–H and O–H groups in total. The van der Waals surface area contributed by atoms with Crippen molar-refractivity contribution in [3.63, 3.8) is 0 Å². The summed E-state index contributed by atoms with van der Waals surface area (Å²) in [4.78, 5) is 15.0. The molecule has 17 heavy (non-hydrogen) atoms. The monoisotopic (exact) mass is 236 g/mol. The molecule has 0 amide bonds. The molecule has 0 aliphatic carbocycles. The molecule has 0 saturated heterocycles. The summed E-state index contributed by atoms with van der Waals surface area (Å²) in [5, 5.41) is 12.3. The standard InChI is InChI=1S/C13H20N2O2/c1-4-13(5-2,6-3)15-11-9-10(12(16)17)7-8-14-11/h7-9H,4-6H2,1-3H3,(H,14,15)(H,16,17). The second-order valence-corrected chi connectivity index (χ2v) is 4.20. The Kier molecular flexibility index (Phi) is 4.49. The smallest absolute Gasteiger partial charge is 0.335 e. The number of nitrogens with one attached hydrogen (secondary N) is 1. The lowest BCUT2D eigenvalue weighted by molar-refractivity contribution is 0.0697. The molecule has 94 valence electrons. The molecule has 0 saturated carbocycles. The van der Waals surface area contributed by atoms with E-state index in [1.54, 1.807) is 6.07 Å². The summed E-state index contributed by atoms with van der Waals surface area (Å²) in [6.07, 6.45) is 4.48. The number of nitrogens with zero attached hydrogens (tertiary/aromatic N) is 1. The van der Waals surface area contributed by atoms with Gasteiger partial charge < -0.3 is 10.4 Å². The number of rotatable bonds is 6. The van der Waals surface area contributed by atoms with Crippen LogP contribution in [-0.4, -0.2) is 21.6 Å². The van der Waals surface area contributed by atoms with Crippen molar-refractivity contribution < 1.29 is 9.90 Å². The van der Waals surface area contributed by atoms with Crippen LogP contribution in [-0.2, 0) is 0 Å². The Morgan fingerprint density at radius 3 is 2.41 bits per heavy atom. The summed E-state index contributed by atoms with van der Waals surface area (Å²) in [5.41, 5.74) is 0.268. The molecule has 0 fully saturated rings. The lowest BCUT2D eigenvalue weighted by Crippen LogP contribution is -2.36. The quantitative estimate of drug-likeness (QED) is 0.796. The van der Waals surface area contributed by atoms with Gasteiger partial charge in [-0.3, -0.25) is 0 Å². The molecule has 0 aliphatic rings. The van der Waals surface area contributed by atoms with Gasteiger partial charge in [-0.25, -0.2) is 9.78 Å². The maximum Gasteiger partial charge on any atom is 0.335 e. The van der Waals surface area contributed by atoms with Crippen LogP contribution in [0.15, 0.2) is 18.3 Å². The van der Waals surface area contributed by atoms with E-state index in [-0.39, 0.29) is 11.1 Å². The maximum atomic E-state index is 10.9. The van der Waals surface area contributed by atoms with E-state index < -0.39 is 5.97 Å². The van der Waals surface area contributed by atoms with Crippen LogP contribution < -0.4 is 5.32 Å². The fourth-order valence-electron chi connectivity index (χ4n) is 1.92. The highest BCUT2D eigenvalue weighted by Crippen LogP contribution is 2.24. The predicted molar refractivity (Wildman–Crippen MR) is 68.4 cm³/mol. The Hall–Kier alpha value is -1.58. The normalized spacial score (nSPS) is 11.2. The number of carbonyl (C=O) groups is 1. The molecule has 0 aromatic carbocycles. The first-order valence-corrected chi connectivity index (χ1v) is 6.04. The molecule has 0 aliphatic heterocycles. The number of aromatic carboxylic acids is 1. The molecule has 0 atom stereocenters. The molecule has 1 heterocycles. The molecule has 0 radical (unpaired) electrons. The van der Waals surface area contributed by atoms with Crippen molar-refractivity contribution in [3.8, 4) is 0 Å². The Morgan fingerprint density at radius 1 is 1.35 bits per heavy atom. The van der Waals surface area contributed by atoms with Crippen molar-refractivity contribution in [2.75, 3.05) is 5.32 Å². The highest BCUT2D eigenvalue weighted by atomic mass is 16.4. The van der Waals surface area contributed by atoms with Gasteiger partial charge in [0.05, 0.1) is 5.56 Å². The maximum absolute atomic E-state index is 10.9. The number of pyridine rings is 1. The lowest BCUT2D eigenvalue weighted by Gasteiger charge is -2.32. The van der Waals surface area contributed by atoms with Gasteiger partial charge in [-0.1, -0.05) is 20.8 Å². The molecule has 4 heteroatoms. The fraction of sp³-hybridized carbons (Fsp3) is 0.538. The van der Waals surface area contributed by atoms with E-state index in [9.17, 15) is 4.79 Å². The minimum atomic E-state index is -0.925. The van der Waals surface area contributed by atoms with Crippen LogP contribution in [0.1, 0.15) is 50.4 Å². The average molecular weight is 236 g/mol. The van der Waals surface area contributed by atoms with Crippen LogP contribution in [0, 0.1) is 0 Å². The number of hydrogen-bond acceptors (Lipinski definition) is 3. The first kappa shape index (κ1) is 13.5. The fourth-order valence-corrected chi connectivity index (χ4v) is 1.92. The Bertz CT molecular complexity index is 378. The van der Waals surface area contributed by atoms with E-state index in [1.807, 2.05) is 0 Å². The van der Waals surface area contributed by atoms with Gasteiger partial charge in [0.2, 0.25) is 0 Å². The van der Waals surface area contributed by atoms with Gasteiger partial charge in [0, 0.05) is 11.7 Å². The van der Waals surface area contributed by atoms with Gasteiger partial charge in [0.15, 0.2) is 0 Å². The third-order valence-corrected chi connectivity index (χ3v) is 3.43. The summed E-state index contributed by atoms with van der Waals surface area (Å²) in [5.74, 6) is -0.291. The highest BCUT2D eigenvalue weighted by Gasteiger charge is 2.23. The summed E-state index contributed by atoms with van der Waals surface area (Å²) in [6, 6.07) is 3.08. The summed E-state index contributed by atoms with van der Waals surface area (Å²) in [6.45, 7) is 6.38. The van der Waals surface area contributed by atoms with Crippen molar-refractivity contribution in [2.45, 2.75) is 45.6 Å². The average Bonchev–Trinajstić information content (AvgIpc) is 2.36. The van der Waals surface area contributed by atoms with Crippen molar-refractivity contribution >= 4 is 11.8 Å². The van der Waals surface area contributed by atoms with Gasteiger partial charge in [-0.05, 0) is 31.4 Å². The third-order valence-electron chi connectivity index (χ3n) is 3.43. The third kappa shape index (κ3) is 3.19. The summed E-state index contributed by atoms with van der Waals surface area (Å²) >= 11 is 0. The molecular formula is C13H20N2O2. The Morgan fingerprint density at radius 2 is 1.94 bits per heavy atom. The highest BCUT2D eigenvalue weighted by molar-refractivity contribution is 5.88. The zero-order valence-corrected chi connectivity index (χ0v) is 10.7. The van der Waals surface area contributed by atoms with E-state index in [1.165, 1.54) is 12.3 Å². The Labute approximate surface area is 102 Å². The molecule has 4 nitrogen and oxygen atoms in total. The molecule has 0 bridgehead atoms. The van der Waals surface area contributed by atoms with Crippen LogP contribution in [0.5, 0.6) is 0 Å². The molecule has 1 aromatic heterocycles. The zero-order chi connectivity index (χ0) is 12.9. The van der Waals surface area contributed by atoms with Gasteiger partial charge in [0.1, 0.15) is 5.82 Å². The SMILES string of the molecule is CCC(CC)(CC)Nc1cc(C(=O)O)ccn1.